The molecule has 7 heteroatoms. The van der Waals surface area contributed by atoms with Crippen LogP contribution in [0.3, 0.4) is 0 Å². The first kappa shape index (κ1) is 17.3. The van der Waals surface area contributed by atoms with Crippen molar-refractivity contribution in [1.82, 2.24) is 29.8 Å². The number of nitrogens with one attached hydrogen (secondary N) is 1. The van der Waals surface area contributed by atoms with Crippen LogP contribution in [0.15, 0.2) is 24.1 Å². The van der Waals surface area contributed by atoms with Gasteiger partial charge in [0.25, 0.3) is 0 Å². The molecule has 0 saturated carbocycles. The number of piperidine rings is 1. The number of hydrogen-bond acceptors (Lipinski definition) is 6. The molecule has 0 bridgehead atoms. The third kappa shape index (κ3) is 3.99. The van der Waals surface area contributed by atoms with E-state index in [0.717, 1.165) is 42.4 Å². The van der Waals surface area contributed by atoms with Crippen molar-refractivity contribution in [2.75, 3.05) is 13.1 Å². The third-order valence-corrected chi connectivity index (χ3v) is 5.86. The Labute approximate surface area is 157 Å². The van der Waals surface area contributed by atoms with Crippen molar-refractivity contribution in [3.8, 4) is 11.5 Å². The molecule has 0 radical (unpaired) electrons. The first-order chi connectivity index (χ1) is 12.7. The van der Waals surface area contributed by atoms with E-state index in [4.69, 9.17) is 4.98 Å². The second-order valence-electron chi connectivity index (χ2n) is 7.12. The van der Waals surface area contributed by atoms with Gasteiger partial charge in [-0.2, -0.15) is 0 Å². The lowest BCUT2D eigenvalue weighted by Gasteiger charge is -2.32. The van der Waals surface area contributed by atoms with E-state index in [0.29, 0.717) is 5.92 Å². The molecular weight excluding hydrogens is 344 g/mol. The topological polar surface area (TPSA) is 70.6 Å². The molecule has 0 aromatic carbocycles. The van der Waals surface area contributed by atoms with Crippen LogP contribution in [-0.2, 0) is 13.0 Å². The van der Waals surface area contributed by atoms with Crippen LogP contribution in [0.5, 0.6) is 0 Å². The Balaban J connectivity index is 1.41. The molecule has 4 rings (SSSR count). The summed E-state index contributed by atoms with van der Waals surface area (Å²) in [7, 11) is 0. The number of likely N-dealkylation sites (tertiary alicyclic amines) is 1. The first-order valence-corrected chi connectivity index (χ1v) is 9.99. The van der Waals surface area contributed by atoms with Gasteiger partial charge in [0.15, 0.2) is 5.82 Å². The van der Waals surface area contributed by atoms with Gasteiger partial charge >= 0.3 is 0 Å². The fraction of sp³-hybridized carbons (Fsp3) is 0.474. The van der Waals surface area contributed by atoms with E-state index in [2.05, 4.69) is 31.8 Å². The smallest absolute Gasteiger partial charge is 0.157 e. The van der Waals surface area contributed by atoms with Crippen molar-refractivity contribution in [2.24, 2.45) is 5.92 Å². The summed E-state index contributed by atoms with van der Waals surface area (Å²) >= 11 is 1.76. The Morgan fingerprint density at radius 3 is 2.92 bits per heavy atom. The molecule has 6 nitrogen and oxygen atoms in total. The SMILES string of the molecule is Cc1cnc(-c2cncc(CC3CCCN(Cc4scnc4C)C3)n2)[nH]1. The molecule has 1 fully saturated rings. The average molecular weight is 369 g/mol. The van der Waals surface area contributed by atoms with Crippen LogP contribution in [0.1, 0.15) is 34.8 Å². The van der Waals surface area contributed by atoms with Crippen LogP contribution in [0.4, 0.5) is 0 Å². The Bertz CT molecular complexity index is 870. The number of aromatic nitrogens is 5. The number of H-pyrrole nitrogens is 1. The summed E-state index contributed by atoms with van der Waals surface area (Å²) in [6.45, 7) is 7.40. The van der Waals surface area contributed by atoms with E-state index < -0.39 is 0 Å². The molecule has 1 saturated heterocycles. The van der Waals surface area contributed by atoms with E-state index in [1.165, 1.54) is 30.0 Å². The van der Waals surface area contributed by atoms with Gasteiger partial charge in [0.1, 0.15) is 5.69 Å². The summed E-state index contributed by atoms with van der Waals surface area (Å²) in [5.74, 6) is 1.42. The minimum absolute atomic E-state index is 0.625. The van der Waals surface area contributed by atoms with Crippen molar-refractivity contribution in [3.63, 3.8) is 0 Å². The van der Waals surface area contributed by atoms with Gasteiger partial charge in [-0.15, -0.1) is 11.3 Å². The van der Waals surface area contributed by atoms with Crippen molar-refractivity contribution >= 4 is 11.3 Å². The summed E-state index contributed by atoms with van der Waals surface area (Å²) in [4.78, 5) is 25.1. The fourth-order valence-corrected chi connectivity index (χ4v) is 4.42. The Morgan fingerprint density at radius 2 is 2.15 bits per heavy atom. The van der Waals surface area contributed by atoms with E-state index >= 15 is 0 Å². The highest BCUT2D eigenvalue weighted by Gasteiger charge is 2.22. The summed E-state index contributed by atoms with van der Waals surface area (Å²) in [5.41, 5.74) is 6.03. The number of hydrogen-bond donors (Lipinski definition) is 1. The van der Waals surface area contributed by atoms with E-state index in [1.54, 1.807) is 17.5 Å². The normalized spacial score (nSPS) is 18.3. The molecule has 3 aromatic heterocycles. The molecule has 1 N–H and O–H groups in total. The van der Waals surface area contributed by atoms with Crippen molar-refractivity contribution in [1.29, 1.82) is 0 Å². The molecule has 1 atom stereocenters. The number of nitrogens with zero attached hydrogens (tertiary/aromatic N) is 5. The van der Waals surface area contributed by atoms with E-state index in [1.807, 2.05) is 24.8 Å². The van der Waals surface area contributed by atoms with Gasteiger partial charge in [-0.05, 0) is 45.6 Å². The lowest BCUT2D eigenvalue weighted by molar-refractivity contribution is 0.167. The average Bonchev–Trinajstić information content (AvgIpc) is 3.24. The van der Waals surface area contributed by atoms with Crippen LogP contribution in [0, 0.1) is 19.8 Å². The minimum atomic E-state index is 0.625. The highest BCUT2D eigenvalue weighted by Crippen LogP contribution is 2.24. The maximum absolute atomic E-state index is 4.78. The molecule has 1 aliphatic rings. The van der Waals surface area contributed by atoms with Crippen molar-refractivity contribution < 1.29 is 0 Å². The molecule has 1 unspecified atom stereocenters. The number of aromatic amines is 1. The molecule has 0 aliphatic carbocycles. The van der Waals surface area contributed by atoms with Gasteiger partial charge in [-0.1, -0.05) is 0 Å². The standard InChI is InChI=1S/C19H24N6S/c1-13-7-21-19(23-13)17-9-20-8-16(24-17)6-15-4-3-5-25(10-15)11-18-14(2)22-12-26-18/h7-9,12,15H,3-6,10-11H2,1-2H3,(H,21,23). The molecule has 0 amide bonds. The first-order valence-electron chi connectivity index (χ1n) is 9.11. The van der Waals surface area contributed by atoms with Crippen molar-refractivity contribution in [3.05, 3.63) is 46.1 Å². The predicted octanol–water partition coefficient (Wildman–Crippen LogP) is 3.39. The van der Waals surface area contributed by atoms with Crippen LogP contribution < -0.4 is 0 Å². The van der Waals surface area contributed by atoms with E-state index in [9.17, 15) is 0 Å². The highest BCUT2D eigenvalue weighted by molar-refractivity contribution is 7.09. The van der Waals surface area contributed by atoms with Crippen LogP contribution >= 0.6 is 11.3 Å². The van der Waals surface area contributed by atoms with Gasteiger partial charge in [0.05, 0.1) is 23.1 Å². The molecule has 4 heterocycles. The Morgan fingerprint density at radius 1 is 1.23 bits per heavy atom. The molecule has 136 valence electrons. The number of thiazole rings is 1. The summed E-state index contributed by atoms with van der Waals surface area (Å²) < 4.78 is 0. The maximum Gasteiger partial charge on any atom is 0.157 e. The quantitative estimate of drug-likeness (QED) is 0.747. The van der Waals surface area contributed by atoms with Crippen molar-refractivity contribution in [2.45, 2.75) is 39.7 Å². The molecular formula is C19H24N6S. The Kier molecular flexibility index (Phi) is 5.08. The van der Waals surface area contributed by atoms with Gasteiger partial charge in [0, 0.05) is 36.1 Å². The predicted molar refractivity (Wildman–Crippen MR) is 103 cm³/mol. The van der Waals surface area contributed by atoms with Crippen LogP contribution in [-0.4, -0.2) is 42.9 Å². The summed E-state index contributed by atoms with van der Waals surface area (Å²) in [6, 6.07) is 0. The van der Waals surface area contributed by atoms with Gasteiger partial charge in [0.2, 0.25) is 0 Å². The second-order valence-corrected chi connectivity index (χ2v) is 8.06. The monoisotopic (exact) mass is 368 g/mol. The van der Waals surface area contributed by atoms with Gasteiger partial charge in [-0.3, -0.25) is 9.88 Å². The van der Waals surface area contributed by atoms with Crippen LogP contribution in [0.2, 0.25) is 0 Å². The van der Waals surface area contributed by atoms with Crippen LogP contribution in [0.25, 0.3) is 11.5 Å². The van der Waals surface area contributed by atoms with Gasteiger partial charge in [-0.25, -0.2) is 15.0 Å². The van der Waals surface area contributed by atoms with E-state index in [-0.39, 0.29) is 0 Å². The summed E-state index contributed by atoms with van der Waals surface area (Å²) in [6.07, 6.45) is 8.97. The second kappa shape index (κ2) is 7.63. The minimum Gasteiger partial charge on any atom is -0.341 e. The molecule has 3 aromatic rings. The third-order valence-electron chi connectivity index (χ3n) is 4.94. The maximum atomic E-state index is 4.78. The largest absolute Gasteiger partial charge is 0.341 e. The lowest BCUT2D eigenvalue weighted by Crippen LogP contribution is -2.35. The lowest BCUT2D eigenvalue weighted by atomic mass is 9.93. The number of aryl methyl sites for hydroxylation is 2. The summed E-state index contributed by atoms with van der Waals surface area (Å²) in [5, 5.41) is 0. The molecule has 26 heavy (non-hydrogen) atoms. The Hall–Kier alpha value is -2.12. The highest BCUT2D eigenvalue weighted by atomic mass is 32.1. The molecule has 1 aliphatic heterocycles. The van der Waals surface area contributed by atoms with Gasteiger partial charge < -0.3 is 4.98 Å². The number of rotatable bonds is 5. The fourth-order valence-electron chi connectivity index (χ4n) is 3.60. The zero-order valence-corrected chi connectivity index (χ0v) is 16.1. The zero-order chi connectivity index (χ0) is 17.9. The number of imidazole rings is 1. The molecule has 0 spiro atoms. The zero-order valence-electron chi connectivity index (χ0n) is 15.3.